The molecule has 0 spiro atoms. The summed E-state index contributed by atoms with van der Waals surface area (Å²) >= 11 is 12.2. The van der Waals surface area contributed by atoms with Crippen LogP contribution in [0.5, 0.6) is 0 Å². The highest BCUT2D eigenvalue weighted by molar-refractivity contribution is 7.92. The number of carbonyl (C=O) groups excluding carboxylic acids is 1. The van der Waals surface area contributed by atoms with E-state index >= 15 is 0 Å². The molecule has 10 heteroatoms. The highest BCUT2D eigenvalue weighted by Gasteiger charge is 2.27. The van der Waals surface area contributed by atoms with Gasteiger partial charge in [-0.1, -0.05) is 41.4 Å². The number of hydrogen-bond donors (Lipinski definition) is 1. The van der Waals surface area contributed by atoms with E-state index in [1.165, 1.54) is 30.3 Å². The molecule has 1 amide bonds. The average molecular weight is 499 g/mol. The van der Waals surface area contributed by atoms with Crippen LogP contribution in [-0.4, -0.2) is 77.0 Å². The zero-order valence-corrected chi connectivity index (χ0v) is 20.3. The number of benzene rings is 2. The van der Waals surface area contributed by atoms with Crippen molar-refractivity contribution in [3.05, 3.63) is 58.6 Å². The summed E-state index contributed by atoms with van der Waals surface area (Å²) in [5.41, 5.74) is 0.235. The second-order valence-electron chi connectivity index (χ2n) is 7.80. The van der Waals surface area contributed by atoms with E-state index in [9.17, 15) is 13.2 Å². The second kappa shape index (κ2) is 11.3. The maximum atomic E-state index is 13.3. The van der Waals surface area contributed by atoms with Gasteiger partial charge in [-0.15, -0.1) is 0 Å². The summed E-state index contributed by atoms with van der Waals surface area (Å²) in [6, 6.07) is 12.4. The first-order valence-electron chi connectivity index (χ1n) is 10.5. The van der Waals surface area contributed by atoms with Crippen LogP contribution < -0.4 is 9.62 Å². The maximum absolute atomic E-state index is 13.3. The lowest BCUT2D eigenvalue weighted by Crippen LogP contribution is -2.45. The molecule has 1 saturated heterocycles. The van der Waals surface area contributed by atoms with Gasteiger partial charge >= 0.3 is 0 Å². The van der Waals surface area contributed by atoms with Gasteiger partial charge in [0.2, 0.25) is 5.91 Å². The van der Waals surface area contributed by atoms with Crippen molar-refractivity contribution in [3.8, 4) is 0 Å². The minimum absolute atomic E-state index is 0.0824. The highest BCUT2D eigenvalue weighted by atomic mass is 35.5. The fourth-order valence-electron chi connectivity index (χ4n) is 3.51. The van der Waals surface area contributed by atoms with E-state index in [1.807, 2.05) is 0 Å². The molecule has 0 bridgehead atoms. The van der Waals surface area contributed by atoms with Gasteiger partial charge in [-0.05, 0) is 50.3 Å². The number of sulfonamides is 1. The third kappa shape index (κ3) is 6.83. The lowest BCUT2D eigenvalue weighted by molar-refractivity contribution is -0.119. The minimum Gasteiger partial charge on any atom is -0.354 e. The van der Waals surface area contributed by atoms with Gasteiger partial charge in [0.05, 0.1) is 10.6 Å². The number of hydrogen-bond acceptors (Lipinski definition) is 5. The summed E-state index contributed by atoms with van der Waals surface area (Å²) < 4.78 is 27.6. The van der Waals surface area contributed by atoms with Crippen LogP contribution >= 0.6 is 23.2 Å². The number of halogens is 2. The summed E-state index contributed by atoms with van der Waals surface area (Å²) in [4.78, 5) is 17.4. The van der Waals surface area contributed by atoms with Crippen LogP contribution in [0.1, 0.15) is 6.42 Å². The van der Waals surface area contributed by atoms with Crippen LogP contribution in [0.25, 0.3) is 0 Å². The maximum Gasteiger partial charge on any atom is 0.264 e. The Morgan fingerprint density at radius 1 is 1.03 bits per heavy atom. The van der Waals surface area contributed by atoms with Crippen LogP contribution in [-0.2, 0) is 14.8 Å². The fourth-order valence-corrected chi connectivity index (χ4v) is 5.45. The Balaban J connectivity index is 1.67. The van der Waals surface area contributed by atoms with E-state index in [0.717, 1.165) is 43.4 Å². The second-order valence-corrected chi connectivity index (χ2v) is 10.5. The first-order chi connectivity index (χ1) is 15.3. The van der Waals surface area contributed by atoms with Crippen molar-refractivity contribution >= 4 is 44.8 Å². The normalized spacial score (nSPS) is 15.5. The van der Waals surface area contributed by atoms with Crippen LogP contribution in [0.2, 0.25) is 10.0 Å². The van der Waals surface area contributed by atoms with E-state index in [-0.39, 0.29) is 33.1 Å². The zero-order chi connectivity index (χ0) is 23.1. The quantitative estimate of drug-likeness (QED) is 0.538. The van der Waals surface area contributed by atoms with Gasteiger partial charge in [-0.25, -0.2) is 8.42 Å². The summed E-state index contributed by atoms with van der Waals surface area (Å²) in [5.74, 6) is -0.390. The summed E-state index contributed by atoms with van der Waals surface area (Å²) in [6.45, 7) is 5.11. The number of amides is 1. The number of nitrogens with zero attached hydrogens (tertiary/aromatic N) is 3. The largest absolute Gasteiger partial charge is 0.354 e. The fraction of sp³-hybridized carbons (Fsp3) is 0.409. The van der Waals surface area contributed by atoms with E-state index < -0.39 is 10.0 Å². The van der Waals surface area contributed by atoms with Gasteiger partial charge in [0.15, 0.2) is 0 Å². The molecule has 0 aromatic heterocycles. The van der Waals surface area contributed by atoms with E-state index in [1.54, 1.807) is 18.2 Å². The van der Waals surface area contributed by atoms with Gasteiger partial charge in [0.1, 0.15) is 6.54 Å². The van der Waals surface area contributed by atoms with Gasteiger partial charge in [-0.3, -0.25) is 9.10 Å². The predicted molar refractivity (Wildman–Crippen MR) is 129 cm³/mol. The van der Waals surface area contributed by atoms with Crippen molar-refractivity contribution in [1.29, 1.82) is 0 Å². The van der Waals surface area contributed by atoms with Crippen LogP contribution in [0.15, 0.2) is 53.4 Å². The molecule has 2 aromatic rings. The third-order valence-electron chi connectivity index (χ3n) is 5.32. The minimum atomic E-state index is -3.99. The number of rotatable bonds is 9. The Labute approximate surface area is 199 Å². The Kier molecular flexibility index (Phi) is 8.79. The third-order valence-corrected chi connectivity index (χ3v) is 7.55. The molecule has 32 heavy (non-hydrogen) atoms. The molecular formula is C22H28Cl2N4O3S. The summed E-state index contributed by atoms with van der Waals surface area (Å²) in [7, 11) is -1.88. The van der Waals surface area contributed by atoms with E-state index in [0.29, 0.717) is 6.54 Å². The molecule has 0 saturated carbocycles. The molecule has 0 radical (unpaired) electrons. The van der Waals surface area contributed by atoms with Crippen molar-refractivity contribution in [2.75, 3.05) is 57.2 Å². The van der Waals surface area contributed by atoms with Gasteiger partial charge in [0.25, 0.3) is 10.0 Å². The number of anilines is 1. The zero-order valence-electron chi connectivity index (χ0n) is 18.0. The topological polar surface area (TPSA) is 73.0 Å². The van der Waals surface area contributed by atoms with Gasteiger partial charge in [-0.2, -0.15) is 0 Å². The van der Waals surface area contributed by atoms with Crippen molar-refractivity contribution < 1.29 is 13.2 Å². The van der Waals surface area contributed by atoms with Crippen molar-refractivity contribution in [3.63, 3.8) is 0 Å². The first-order valence-corrected chi connectivity index (χ1v) is 12.7. The number of piperazine rings is 1. The smallest absolute Gasteiger partial charge is 0.264 e. The summed E-state index contributed by atoms with van der Waals surface area (Å²) in [5, 5.41) is 3.41. The van der Waals surface area contributed by atoms with E-state index in [2.05, 4.69) is 22.2 Å². The monoisotopic (exact) mass is 498 g/mol. The molecule has 0 unspecified atom stereocenters. The molecule has 174 valence electrons. The van der Waals surface area contributed by atoms with Crippen molar-refractivity contribution in [2.24, 2.45) is 0 Å². The standard InChI is InChI=1S/C22H28Cl2N4O3S/c1-26-10-12-27(13-11-26)9-5-8-25-22(29)17-28(20-15-18(23)14-19(24)16-20)32(30,31)21-6-3-2-4-7-21/h2-4,6-7,14-16H,5,8-13,17H2,1H3,(H,25,29). The Morgan fingerprint density at radius 3 is 2.28 bits per heavy atom. The van der Waals surface area contributed by atoms with Crippen molar-refractivity contribution in [1.82, 2.24) is 15.1 Å². The van der Waals surface area contributed by atoms with Gasteiger partial charge in [0, 0.05) is 42.8 Å². The molecule has 1 heterocycles. The Bertz CT molecular complexity index is 993. The number of carbonyl (C=O) groups is 1. The van der Waals surface area contributed by atoms with Gasteiger partial charge < -0.3 is 15.1 Å². The van der Waals surface area contributed by atoms with Crippen LogP contribution in [0.3, 0.4) is 0 Å². The molecule has 7 nitrogen and oxygen atoms in total. The Hall–Kier alpha value is -1.84. The molecule has 1 aliphatic heterocycles. The highest BCUT2D eigenvalue weighted by Crippen LogP contribution is 2.29. The summed E-state index contributed by atoms with van der Waals surface area (Å²) in [6.07, 6.45) is 0.796. The SMILES string of the molecule is CN1CCN(CCCNC(=O)CN(c2cc(Cl)cc(Cl)c2)S(=O)(=O)c2ccccc2)CC1. The van der Waals surface area contributed by atoms with E-state index in [4.69, 9.17) is 23.2 Å². The Morgan fingerprint density at radius 2 is 1.66 bits per heavy atom. The first kappa shape index (κ1) is 24.8. The molecule has 3 rings (SSSR count). The molecule has 1 fully saturated rings. The molecule has 0 atom stereocenters. The lowest BCUT2D eigenvalue weighted by Gasteiger charge is -2.32. The average Bonchev–Trinajstić information content (AvgIpc) is 2.76. The molecule has 2 aromatic carbocycles. The molecule has 1 N–H and O–H groups in total. The number of nitrogens with one attached hydrogen (secondary N) is 1. The predicted octanol–water partition coefficient (Wildman–Crippen LogP) is 2.94. The number of likely N-dealkylation sites (N-methyl/N-ethyl adjacent to an activating group) is 1. The molecular weight excluding hydrogens is 471 g/mol. The molecule has 0 aliphatic carbocycles. The van der Waals surface area contributed by atoms with Crippen molar-refractivity contribution in [2.45, 2.75) is 11.3 Å². The van der Waals surface area contributed by atoms with Crippen LogP contribution in [0, 0.1) is 0 Å². The lowest BCUT2D eigenvalue weighted by atomic mass is 10.3. The van der Waals surface area contributed by atoms with Crippen LogP contribution in [0.4, 0.5) is 5.69 Å². The molecule has 1 aliphatic rings.